The summed E-state index contributed by atoms with van der Waals surface area (Å²) in [7, 11) is 1.64. The summed E-state index contributed by atoms with van der Waals surface area (Å²) >= 11 is 7.82. The minimum atomic E-state index is 0.431. The second-order valence-corrected chi connectivity index (χ2v) is 5.51. The molecule has 0 fully saturated rings. The average Bonchev–Trinajstić information content (AvgIpc) is 3.06. The van der Waals surface area contributed by atoms with Crippen LogP contribution in [0.15, 0.2) is 35.7 Å². The van der Waals surface area contributed by atoms with Gasteiger partial charge in [0, 0.05) is 22.0 Å². The van der Waals surface area contributed by atoms with Crippen molar-refractivity contribution < 1.29 is 4.74 Å². The molecular formula is C14H12ClN3OS. The second-order valence-electron chi connectivity index (χ2n) is 4.19. The largest absolute Gasteiger partial charge is 0.496 e. The van der Waals surface area contributed by atoms with Crippen LogP contribution in [0.3, 0.4) is 0 Å². The highest BCUT2D eigenvalue weighted by atomic mass is 35.5. The van der Waals surface area contributed by atoms with Crippen LogP contribution in [0.4, 0.5) is 5.82 Å². The number of benzene rings is 1. The monoisotopic (exact) mass is 305 g/mol. The van der Waals surface area contributed by atoms with Crippen molar-refractivity contribution in [1.29, 1.82) is 0 Å². The van der Waals surface area contributed by atoms with E-state index >= 15 is 0 Å². The standard InChI is InChI=1S/C14H12ClN3OS/c1-19-8-6-11(20-7-8)13-12(14(16)18-17-13)9-4-2-3-5-10(9)15/h2-7H,1H3,(H3,16,17,18). The summed E-state index contributed by atoms with van der Waals surface area (Å²) < 4.78 is 5.21. The SMILES string of the molecule is COc1csc(-c2[nH]nc(N)c2-c2ccccc2Cl)c1. The third-order valence-electron chi connectivity index (χ3n) is 2.99. The van der Waals surface area contributed by atoms with Gasteiger partial charge in [0.05, 0.1) is 23.2 Å². The van der Waals surface area contributed by atoms with Crippen LogP contribution in [0, 0.1) is 0 Å². The molecule has 20 heavy (non-hydrogen) atoms. The van der Waals surface area contributed by atoms with E-state index in [1.165, 1.54) is 0 Å². The summed E-state index contributed by atoms with van der Waals surface area (Å²) in [5.74, 6) is 1.24. The van der Waals surface area contributed by atoms with Gasteiger partial charge in [0.2, 0.25) is 0 Å². The van der Waals surface area contributed by atoms with E-state index in [0.717, 1.165) is 27.4 Å². The molecule has 0 atom stereocenters. The molecule has 4 nitrogen and oxygen atoms in total. The van der Waals surface area contributed by atoms with E-state index in [1.807, 2.05) is 35.7 Å². The molecule has 0 unspecified atom stereocenters. The molecule has 6 heteroatoms. The summed E-state index contributed by atoms with van der Waals surface area (Å²) in [5.41, 5.74) is 8.53. The number of methoxy groups -OCH3 is 1. The number of anilines is 1. The van der Waals surface area contributed by atoms with Gasteiger partial charge in [-0.1, -0.05) is 29.8 Å². The molecule has 0 saturated carbocycles. The fraction of sp³-hybridized carbons (Fsp3) is 0.0714. The van der Waals surface area contributed by atoms with Crippen LogP contribution in [-0.2, 0) is 0 Å². The highest BCUT2D eigenvalue weighted by Gasteiger charge is 2.18. The fourth-order valence-electron chi connectivity index (χ4n) is 2.03. The summed E-state index contributed by atoms with van der Waals surface area (Å²) in [4.78, 5) is 1.00. The molecule has 0 saturated heterocycles. The van der Waals surface area contributed by atoms with Gasteiger partial charge in [-0.3, -0.25) is 5.10 Å². The van der Waals surface area contributed by atoms with Gasteiger partial charge in [0.15, 0.2) is 5.82 Å². The zero-order valence-electron chi connectivity index (χ0n) is 10.7. The number of hydrogen-bond acceptors (Lipinski definition) is 4. The van der Waals surface area contributed by atoms with Gasteiger partial charge in [-0.05, 0) is 6.07 Å². The first-order valence-electron chi connectivity index (χ1n) is 5.92. The van der Waals surface area contributed by atoms with Crippen molar-refractivity contribution in [3.8, 4) is 27.4 Å². The lowest BCUT2D eigenvalue weighted by Crippen LogP contribution is -1.89. The molecule has 0 aliphatic heterocycles. The number of nitrogen functional groups attached to an aromatic ring is 1. The first-order chi connectivity index (χ1) is 9.70. The van der Waals surface area contributed by atoms with Crippen molar-refractivity contribution in [2.75, 3.05) is 12.8 Å². The van der Waals surface area contributed by atoms with Gasteiger partial charge in [-0.15, -0.1) is 11.3 Å². The Kier molecular flexibility index (Phi) is 3.38. The predicted octanol–water partition coefficient (Wildman–Crippen LogP) is 4.05. The molecule has 2 aromatic heterocycles. The lowest BCUT2D eigenvalue weighted by molar-refractivity contribution is 0.417. The summed E-state index contributed by atoms with van der Waals surface area (Å²) in [6, 6.07) is 9.51. The van der Waals surface area contributed by atoms with E-state index < -0.39 is 0 Å². The maximum absolute atomic E-state index is 6.26. The Morgan fingerprint density at radius 1 is 1.35 bits per heavy atom. The van der Waals surface area contributed by atoms with Crippen LogP contribution < -0.4 is 10.5 Å². The molecule has 3 rings (SSSR count). The van der Waals surface area contributed by atoms with Crippen molar-refractivity contribution in [2.24, 2.45) is 0 Å². The number of rotatable bonds is 3. The summed E-state index contributed by atoms with van der Waals surface area (Å²) in [6.07, 6.45) is 0. The zero-order chi connectivity index (χ0) is 14.1. The molecule has 0 amide bonds. The van der Waals surface area contributed by atoms with E-state index in [2.05, 4.69) is 10.2 Å². The maximum atomic E-state index is 6.26. The smallest absolute Gasteiger partial charge is 0.153 e. The number of aromatic nitrogens is 2. The Bertz CT molecular complexity index is 750. The second kappa shape index (κ2) is 5.19. The number of nitrogens with two attached hydrogens (primary N) is 1. The molecule has 3 aromatic rings. The van der Waals surface area contributed by atoms with Crippen LogP contribution in [0.1, 0.15) is 0 Å². The zero-order valence-corrected chi connectivity index (χ0v) is 12.3. The normalized spacial score (nSPS) is 10.7. The van der Waals surface area contributed by atoms with Crippen molar-refractivity contribution in [2.45, 2.75) is 0 Å². The Hall–Kier alpha value is -1.98. The van der Waals surface area contributed by atoms with Gasteiger partial charge in [-0.2, -0.15) is 5.10 Å². The van der Waals surface area contributed by atoms with Crippen molar-refractivity contribution in [1.82, 2.24) is 10.2 Å². The number of H-pyrrole nitrogens is 1. The van der Waals surface area contributed by atoms with Crippen LogP contribution in [0.25, 0.3) is 21.7 Å². The highest BCUT2D eigenvalue weighted by molar-refractivity contribution is 7.13. The van der Waals surface area contributed by atoms with Gasteiger partial charge >= 0.3 is 0 Å². The molecule has 1 aromatic carbocycles. The number of hydrogen-bond donors (Lipinski definition) is 2. The van der Waals surface area contributed by atoms with Crippen molar-refractivity contribution in [3.63, 3.8) is 0 Å². The first kappa shape index (κ1) is 13.0. The fourth-order valence-corrected chi connectivity index (χ4v) is 3.12. The van der Waals surface area contributed by atoms with E-state index in [1.54, 1.807) is 18.4 Å². The Balaban J connectivity index is 2.17. The quantitative estimate of drug-likeness (QED) is 0.767. The van der Waals surface area contributed by atoms with Gasteiger partial charge in [0.1, 0.15) is 5.75 Å². The molecular weight excluding hydrogens is 294 g/mol. The number of nitrogens with one attached hydrogen (secondary N) is 1. The number of ether oxygens (including phenoxy) is 1. The summed E-state index contributed by atoms with van der Waals surface area (Å²) in [6.45, 7) is 0. The van der Waals surface area contributed by atoms with Gasteiger partial charge in [0.25, 0.3) is 0 Å². The van der Waals surface area contributed by atoms with E-state index in [-0.39, 0.29) is 0 Å². The van der Waals surface area contributed by atoms with Crippen LogP contribution in [0.5, 0.6) is 5.75 Å². The third-order valence-corrected chi connectivity index (χ3v) is 4.25. The maximum Gasteiger partial charge on any atom is 0.153 e. The average molecular weight is 306 g/mol. The third kappa shape index (κ3) is 2.15. The summed E-state index contributed by atoms with van der Waals surface area (Å²) in [5, 5.41) is 9.66. The topological polar surface area (TPSA) is 63.9 Å². The molecule has 0 aliphatic rings. The number of aromatic amines is 1. The molecule has 0 aliphatic carbocycles. The van der Waals surface area contributed by atoms with Crippen molar-refractivity contribution >= 4 is 28.8 Å². The minimum Gasteiger partial charge on any atom is -0.496 e. The first-order valence-corrected chi connectivity index (χ1v) is 7.18. The molecule has 0 bridgehead atoms. The minimum absolute atomic E-state index is 0.431. The van der Waals surface area contributed by atoms with Gasteiger partial charge in [-0.25, -0.2) is 0 Å². The van der Waals surface area contributed by atoms with Crippen LogP contribution >= 0.6 is 22.9 Å². The molecule has 2 heterocycles. The van der Waals surface area contributed by atoms with Crippen molar-refractivity contribution in [3.05, 3.63) is 40.7 Å². The van der Waals surface area contributed by atoms with E-state index in [0.29, 0.717) is 10.8 Å². The molecule has 0 radical (unpaired) electrons. The number of thiophene rings is 1. The van der Waals surface area contributed by atoms with E-state index in [4.69, 9.17) is 22.1 Å². The lowest BCUT2D eigenvalue weighted by atomic mass is 10.0. The predicted molar refractivity (Wildman–Crippen MR) is 83.3 cm³/mol. The van der Waals surface area contributed by atoms with Gasteiger partial charge < -0.3 is 10.5 Å². The Morgan fingerprint density at radius 2 is 2.15 bits per heavy atom. The molecule has 0 spiro atoms. The van der Waals surface area contributed by atoms with Crippen LogP contribution in [-0.4, -0.2) is 17.3 Å². The number of nitrogens with zero attached hydrogens (tertiary/aromatic N) is 1. The van der Waals surface area contributed by atoms with E-state index in [9.17, 15) is 0 Å². The Morgan fingerprint density at radius 3 is 2.85 bits per heavy atom. The molecule has 3 N–H and O–H groups in total. The van der Waals surface area contributed by atoms with Crippen LogP contribution in [0.2, 0.25) is 5.02 Å². The highest BCUT2D eigenvalue weighted by Crippen LogP contribution is 2.41. The molecule has 102 valence electrons. The Labute approximate surface area is 125 Å². The number of halogens is 1. The lowest BCUT2D eigenvalue weighted by Gasteiger charge is -2.05.